The Hall–Kier alpha value is -1.20. The van der Waals surface area contributed by atoms with E-state index in [1.807, 2.05) is 13.8 Å². The highest BCUT2D eigenvalue weighted by Gasteiger charge is 2.16. The second-order valence-corrected chi connectivity index (χ2v) is 4.41. The standard InChI is InChI=1S/C11H16ClN3O2/c1-7(2)9(3-4-16)15-11-8(5-17)10(12)13-6-14-11/h5-7,9,16H,3-4H2,1-2H3,(H,13,14,15). The molecule has 0 aliphatic rings. The number of hydrogen-bond donors (Lipinski definition) is 2. The SMILES string of the molecule is CC(C)C(CCO)Nc1ncnc(Cl)c1C=O. The van der Waals surface area contributed by atoms with Gasteiger partial charge in [-0.3, -0.25) is 4.79 Å². The van der Waals surface area contributed by atoms with Crippen molar-refractivity contribution in [3.8, 4) is 0 Å². The third-order valence-corrected chi connectivity index (χ3v) is 2.82. The maximum absolute atomic E-state index is 10.9. The summed E-state index contributed by atoms with van der Waals surface area (Å²) in [6.07, 6.45) is 2.51. The van der Waals surface area contributed by atoms with Gasteiger partial charge >= 0.3 is 0 Å². The number of aliphatic hydroxyl groups is 1. The monoisotopic (exact) mass is 257 g/mol. The molecule has 1 unspecified atom stereocenters. The molecule has 1 heterocycles. The van der Waals surface area contributed by atoms with Crippen LogP contribution in [-0.4, -0.2) is 34.0 Å². The first kappa shape index (κ1) is 13.9. The van der Waals surface area contributed by atoms with Crippen LogP contribution in [0.3, 0.4) is 0 Å². The second kappa shape index (κ2) is 6.51. The van der Waals surface area contributed by atoms with E-state index in [0.717, 1.165) is 0 Å². The Labute approximate surface area is 105 Å². The van der Waals surface area contributed by atoms with Crippen molar-refractivity contribution in [2.45, 2.75) is 26.3 Å². The number of nitrogens with one attached hydrogen (secondary N) is 1. The van der Waals surface area contributed by atoms with E-state index in [0.29, 0.717) is 24.4 Å². The minimum atomic E-state index is 0.0321. The van der Waals surface area contributed by atoms with Crippen LogP contribution in [0.2, 0.25) is 5.15 Å². The van der Waals surface area contributed by atoms with E-state index < -0.39 is 0 Å². The molecule has 1 aromatic heterocycles. The van der Waals surface area contributed by atoms with Gasteiger partial charge in [-0.25, -0.2) is 9.97 Å². The Bertz CT molecular complexity index is 385. The quantitative estimate of drug-likeness (QED) is 0.600. The summed E-state index contributed by atoms with van der Waals surface area (Å²) in [7, 11) is 0. The topological polar surface area (TPSA) is 75.1 Å². The number of carbonyl (C=O) groups excluding carboxylic acids is 1. The van der Waals surface area contributed by atoms with Crippen LogP contribution < -0.4 is 5.32 Å². The highest BCUT2D eigenvalue weighted by molar-refractivity contribution is 6.32. The van der Waals surface area contributed by atoms with Gasteiger partial charge in [-0.15, -0.1) is 0 Å². The molecule has 94 valence electrons. The van der Waals surface area contributed by atoms with Crippen molar-refractivity contribution >= 4 is 23.7 Å². The van der Waals surface area contributed by atoms with Crippen LogP contribution >= 0.6 is 11.6 Å². The Morgan fingerprint density at radius 3 is 2.76 bits per heavy atom. The Morgan fingerprint density at radius 2 is 2.24 bits per heavy atom. The van der Waals surface area contributed by atoms with Crippen molar-refractivity contribution in [3.63, 3.8) is 0 Å². The van der Waals surface area contributed by atoms with Crippen LogP contribution in [0.4, 0.5) is 5.82 Å². The van der Waals surface area contributed by atoms with Gasteiger partial charge in [-0.05, 0) is 12.3 Å². The van der Waals surface area contributed by atoms with Gasteiger partial charge in [0.15, 0.2) is 6.29 Å². The number of halogens is 1. The molecule has 6 heteroatoms. The van der Waals surface area contributed by atoms with Gasteiger partial charge in [0, 0.05) is 12.6 Å². The number of hydrogen-bond acceptors (Lipinski definition) is 5. The first-order valence-corrected chi connectivity index (χ1v) is 5.81. The zero-order valence-electron chi connectivity index (χ0n) is 9.85. The molecule has 17 heavy (non-hydrogen) atoms. The summed E-state index contributed by atoms with van der Waals surface area (Å²) in [4.78, 5) is 18.6. The summed E-state index contributed by atoms with van der Waals surface area (Å²) >= 11 is 5.80. The molecule has 0 radical (unpaired) electrons. The molecule has 5 nitrogen and oxygen atoms in total. The number of aromatic nitrogens is 2. The number of nitrogens with zero attached hydrogens (tertiary/aromatic N) is 2. The maximum atomic E-state index is 10.9. The number of carbonyl (C=O) groups is 1. The normalized spacial score (nSPS) is 12.5. The molecular weight excluding hydrogens is 242 g/mol. The van der Waals surface area contributed by atoms with Crippen LogP contribution in [0, 0.1) is 5.92 Å². The fourth-order valence-corrected chi connectivity index (χ4v) is 1.66. The van der Waals surface area contributed by atoms with Crippen molar-refractivity contribution in [2.24, 2.45) is 5.92 Å². The number of aldehydes is 1. The summed E-state index contributed by atoms with van der Waals surface area (Å²) < 4.78 is 0. The van der Waals surface area contributed by atoms with Crippen LogP contribution in [0.5, 0.6) is 0 Å². The largest absolute Gasteiger partial charge is 0.396 e. The summed E-state index contributed by atoms with van der Waals surface area (Å²) in [6, 6.07) is 0.0321. The van der Waals surface area contributed by atoms with Crippen LogP contribution in [0.15, 0.2) is 6.33 Å². The average molecular weight is 258 g/mol. The summed E-state index contributed by atoms with van der Waals surface area (Å²) in [5.74, 6) is 0.711. The van der Waals surface area contributed by atoms with E-state index in [2.05, 4.69) is 15.3 Å². The lowest BCUT2D eigenvalue weighted by Crippen LogP contribution is -2.28. The van der Waals surface area contributed by atoms with Crippen molar-refractivity contribution in [2.75, 3.05) is 11.9 Å². The molecule has 0 saturated carbocycles. The molecule has 0 bridgehead atoms. The number of aliphatic hydroxyl groups excluding tert-OH is 1. The van der Waals surface area contributed by atoms with Gasteiger partial charge in [0.25, 0.3) is 0 Å². The van der Waals surface area contributed by atoms with E-state index in [9.17, 15) is 4.79 Å². The molecule has 1 rings (SSSR count). The van der Waals surface area contributed by atoms with Gasteiger partial charge in [-0.1, -0.05) is 25.4 Å². The minimum absolute atomic E-state index is 0.0321. The van der Waals surface area contributed by atoms with E-state index >= 15 is 0 Å². The number of rotatable bonds is 6. The summed E-state index contributed by atoms with van der Waals surface area (Å²) in [5.41, 5.74) is 0.248. The summed E-state index contributed by atoms with van der Waals surface area (Å²) in [5, 5.41) is 12.2. The van der Waals surface area contributed by atoms with Gasteiger partial charge in [0.1, 0.15) is 17.3 Å². The molecule has 0 fully saturated rings. The van der Waals surface area contributed by atoms with Crippen molar-refractivity contribution in [1.29, 1.82) is 0 Å². The molecule has 0 spiro atoms. The molecule has 1 aromatic rings. The van der Waals surface area contributed by atoms with Crippen LogP contribution in [0.25, 0.3) is 0 Å². The number of anilines is 1. The van der Waals surface area contributed by atoms with E-state index in [4.69, 9.17) is 16.7 Å². The molecule has 2 N–H and O–H groups in total. The smallest absolute Gasteiger partial charge is 0.156 e. The molecule has 0 amide bonds. The van der Waals surface area contributed by atoms with Crippen molar-refractivity contribution in [1.82, 2.24) is 9.97 Å². The van der Waals surface area contributed by atoms with E-state index in [1.54, 1.807) is 0 Å². The second-order valence-electron chi connectivity index (χ2n) is 4.05. The van der Waals surface area contributed by atoms with Crippen LogP contribution in [0.1, 0.15) is 30.6 Å². The molecular formula is C11H16ClN3O2. The predicted octanol–water partition coefficient (Wildman–Crippen LogP) is 1.76. The first-order chi connectivity index (χ1) is 8.10. The predicted molar refractivity (Wildman–Crippen MR) is 66.4 cm³/mol. The zero-order valence-corrected chi connectivity index (χ0v) is 10.6. The average Bonchev–Trinajstić information content (AvgIpc) is 2.28. The Balaban J connectivity index is 2.92. The molecule has 0 aromatic carbocycles. The third kappa shape index (κ3) is 3.64. The first-order valence-electron chi connectivity index (χ1n) is 5.43. The lowest BCUT2D eigenvalue weighted by molar-refractivity contribution is 0.112. The van der Waals surface area contributed by atoms with E-state index in [1.165, 1.54) is 6.33 Å². The van der Waals surface area contributed by atoms with Gasteiger partial charge < -0.3 is 10.4 Å². The van der Waals surface area contributed by atoms with Gasteiger partial charge in [0.05, 0.1) is 5.56 Å². The molecule has 1 atom stereocenters. The lowest BCUT2D eigenvalue weighted by atomic mass is 10.0. The van der Waals surface area contributed by atoms with Crippen molar-refractivity contribution in [3.05, 3.63) is 17.0 Å². The van der Waals surface area contributed by atoms with Gasteiger partial charge in [-0.2, -0.15) is 0 Å². The Morgan fingerprint density at radius 1 is 1.53 bits per heavy atom. The van der Waals surface area contributed by atoms with Crippen molar-refractivity contribution < 1.29 is 9.90 Å². The summed E-state index contributed by atoms with van der Waals surface area (Å²) in [6.45, 7) is 4.12. The third-order valence-electron chi connectivity index (χ3n) is 2.52. The molecule has 0 aliphatic carbocycles. The maximum Gasteiger partial charge on any atom is 0.156 e. The molecule has 0 aliphatic heterocycles. The van der Waals surface area contributed by atoms with Crippen LogP contribution in [-0.2, 0) is 0 Å². The Kier molecular flexibility index (Phi) is 5.31. The highest BCUT2D eigenvalue weighted by Crippen LogP contribution is 2.20. The minimum Gasteiger partial charge on any atom is -0.396 e. The lowest BCUT2D eigenvalue weighted by Gasteiger charge is -2.22. The molecule has 0 saturated heterocycles. The van der Waals surface area contributed by atoms with Gasteiger partial charge in [0.2, 0.25) is 0 Å². The fourth-order valence-electron chi connectivity index (χ4n) is 1.48. The highest BCUT2D eigenvalue weighted by atomic mass is 35.5. The zero-order chi connectivity index (χ0) is 12.8. The van der Waals surface area contributed by atoms with E-state index in [-0.39, 0.29) is 23.4 Å². The fraction of sp³-hybridized carbons (Fsp3) is 0.545.